The number of rotatable bonds is 4. The number of phenolic OH excluding ortho intramolecular Hbond substituents is 3. The van der Waals surface area contributed by atoms with Crippen LogP contribution in [0.15, 0.2) is 36.4 Å². The van der Waals surface area contributed by atoms with Crippen molar-refractivity contribution in [3.63, 3.8) is 0 Å². The number of hydrogen-bond donors (Lipinski definition) is 4. The van der Waals surface area contributed by atoms with Gasteiger partial charge < -0.3 is 25.5 Å². The van der Waals surface area contributed by atoms with E-state index in [0.29, 0.717) is 12.1 Å². The fraction of sp³-hybridized carbons (Fsp3) is 0.200. The van der Waals surface area contributed by atoms with E-state index in [2.05, 4.69) is 5.32 Å². The predicted octanol–water partition coefficient (Wildman–Crippen LogP) is 2.48. The summed E-state index contributed by atoms with van der Waals surface area (Å²) in [6.07, 6.45) is 0. The lowest BCUT2D eigenvalue weighted by molar-refractivity contribution is 0.365. The first-order chi connectivity index (χ1) is 9.49. The van der Waals surface area contributed by atoms with Gasteiger partial charge in [0.05, 0.1) is 0 Å². The molecule has 5 heteroatoms. The van der Waals surface area contributed by atoms with Crippen LogP contribution in [0.2, 0.25) is 0 Å². The minimum absolute atomic E-state index is 0.303. The summed E-state index contributed by atoms with van der Waals surface area (Å²) in [4.78, 5) is 2.01. The highest BCUT2D eigenvalue weighted by Crippen LogP contribution is 2.37. The number of phenols is 3. The molecular formula is C15H18N2O3. The molecule has 0 atom stereocenters. The van der Waals surface area contributed by atoms with Crippen LogP contribution in [0.3, 0.4) is 0 Å². The molecule has 5 nitrogen and oxygen atoms in total. The highest BCUT2D eigenvalue weighted by Gasteiger charge is 2.10. The number of nitrogens with one attached hydrogen (secondary N) is 1. The Hall–Kier alpha value is -2.56. The molecule has 0 aliphatic heterocycles. The molecule has 0 aromatic heterocycles. The number of hydrogen-bond acceptors (Lipinski definition) is 5. The Morgan fingerprint density at radius 1 is 0.900 bits per heavy atom. The van der Waals surface area contributed by atoms with Gasteiger partial charge >= 0.3 is 0 Å². The van der Waals surface area contributed by atoms with Gasteiger partial charge in [-0.25, -0.2) is 0 Å². The van der Waals surface area contributed by atoms with E-state index in [0.717, 1.165) is 11.4 Å². The summed E-state index contributed by atoms with van der Waals surface area (Å²) in [5.41, 5.74) is 2.51. The van der Waals surface area contributed by atoms with Crippen molar-refractivity contribution >= 4 is 11.4 Å². The van der Waals surface area contributed by atoms with Gasteiger partial charge in [-0.05, 0) is 36.4 Å². The van der Waals surface area contributed by atoms with Crippen LogP contribution in [0.5, 0.6) is 17.2 Å². The number of aromatic hydroxyl groups is 3. The van der Waals surface area contributed by atoms with Gasteiger partial charge in [-0.3, -0.25) is 0 Å². The molecule has 0 saturated heterocycles. The van der Waals surface area contributed by atoms with Gasteiger partial charge in [0.25, 0.3) is 0 Å². The molecule has 0 bridgehead atoms. The Labute approximate surface area is 117 Å². The van der Waals surface area contributed by atoms with Crippen LogP contribution in [0.4, 0.5) is 11.4 Å². The second-order valence-corrected chi connectivity index (χ2v) is 4.74. The van der Waals surface area contributed by atoms with Crippen molar-refractivity contribution in [2.75, 3.05) is 24.3 Å². The smallest absolute Gasteiger partial charge is 0.200 e. The molecule has 0 spiro atoms. The number of nitrogens with zero attached hydrogens (tertiary/aromatic N) is 1. The molecule has 2 aromatic carbocycles. The van der Waals surface area contributed by atoms with Crippen LogP contribution < -0.4 is 10.2 Å². The third-order valence-corrected chi connectivity index (χ3v) is 3.08. The molecule has 2 rings (SSSR count). The highest BCUT2D eigenvalue weighted by atomic mass is 16.3. The van der Waals surface area contributed by atoms with Crippen molar-refractivity contribution in [2.24, 2.45) is 0 Å². The highest BCUT2D eigenvalue weighted by molar-refractivity contribution is 5.57. The molecule has 0 aliphatic rings. The Morgan fingerprint density at radius 2 is 1.55 bits per heavy atom. The summed E-state index contributed by atoms with van der Waals surface area (Å²) in [5, 5.41) is 31.6. The Kier molecular flexibility index (Phi) is 3.89. The zero-order chi connectivity index (χ0) is 14.7. The van der Waals surface area contributed by atoms with Gasteiger partial charge in [-0.15, -0.1) is 0 Å². The van der Waals surface area contributed by atoms with Gasteiger partial charge in [-0.2, -0.15) is 0 Å². The molecule has 0 aliphatic carbocycles. The standard InChI is InChI=1S/C15H18N2O3/c1-17(2)12-6-4-11(5-7-12)16-9-10-3-8-13(18)15(20)14(10)19/h3-8,16,18-20H,9H2,1-2H3. The molecular weight excluding hydrogens is 256 g/mol. The topological polar surface area (TPSA) is 76.0 Å². The number of anilines is 2. The average Bonchev–Trinajstić information content (AvgIpc) is 2.44. The molecule has 0 heterocycles. The molecule has 20 heavy (non-hydrogen) atoms. The molecule has 0 amide bonds. The fourth-order valence-electron chi connectivity index (χ4n) is 1.83. The van der Waals surface area contributed by atoms with Gasteiger partial charge in [-0.1, -0.05) is 0 Å². The summed E-state index contributed by atoms with van der Waals surface area (Å²) in [7, 11) is 3.94. The maximum Gasteiger partial charge on any atom is 0.200 e. The molecule has 106 valence electrons. The zero-order valence-electron chi connectivity index (χ0n) is 11.5. The maximum atomic E-state index is 9.72. The Balaban J connectivity index is 2.07. The maximum absolute atomic E-state index is 9.72. The fourth-order valence-corrected chi connectivity index (χ4v) is 1.83. The van der Waals surface area contributed by atoms with Crippen molar-refractivity contribution in [2.45, 2.75) is 6.54 Å². The number of benzene rings is 2. The van der Waals surface area contributed by atoms with Crippen LogP contribution in [-0.2, 0) is 6.54 Å². The minimum atomic E-state index is -0.493. The molecule has 4 N–H and O–H groups in total. The first-order valence-electron chi connectivity index (χ1n) is 6.23. The third-order valence-electron chi connectivity index (χ3n) is 3.08. The largest absolute Gasteiger partial charge is 0.504 e. The molecule has 0 unspecified atom stereocenters. The molecule has 0 saturated carbocycles. The van der Waals surface area contributed by atoms with E-state index in [1.807, 2.05) is 43.3 Å². The van der Waals surface area contributed by atoms with Crippen LogP contribution in [0.25, 0.3) is 0 Å². The zero-order valence-corrected chi connectivity index (χ0v) is 11.5. The van der Waals surface area contributed by atoms with Gasteiger partial charge in [0.15, 0.2) is 11.5 Å². The van der Waals surface area contributed by atoms with Crippen LogP contribution in [-0.4, -0.2) is 29.4 Å². The predicted molar refractivity (Wildman–Crippen MR) is 79.5 cm³/mol. The second kappa shape index (κ2) is 5.61. The van der Waals surface area contributed by atoms with E-state index in [9.17, 15) is 15.3 Å². The summed E-state index contributed by atoms with van der Waals surface area (Å²) in [5.74, 6) is -1.13. The van der Waals surface area contributed by atoms with Gasteiger partial charge in [0.2, 0.25) is 5.75 Å². The quantitative estimate of drug-likeness (QED) is 0.644. The minimum Gasteiger partial charge on any atom is -0.504 e. The average molecular weight is 274 g/mol. The monoisotopic (exact) mass is 274 g/mol. The Bertz CT molecular complexity index is 595. The summed E-state index contributed by atoms with van der Waals surface area (Å²) < 4.78 is 0. The third kappa shape index (κ3) is 2.88. The van der Waals surface area contributed by atoms with E-state index in [1.54, 1.807) is 6.07 Å². The lowest BCUT2D eigenvalue weighted by Crippen LogP contribution is -2.08. The van der Waals surface area contributed by atoms with Crippen molar-refractivity contribution < 1.29 is 15.3 Å². The molecule has 0 radical (unpaired) electrons. The van der Waals surface area contributed by atoms with Crippen molar-refractivity contribution in [1.29, 1.82) is 0 Å². The van der Waals surface area contributed by atoms with E-state index in [1.165, 1.54) is 6.07 Å². The molecule has 0 fully saturated rings. The lowest BCUT2D eigenvalue weighted by Gasteiger charge is -2.14. The van der Waals surface area contributed by atoms with E-state index in [4.69, 9.17) is 0 Å². The summed E-state index contributed by atoms with van der Waals surface area (Å²) in [6, 6.07) is 10.7. The van der Waals surface area contributed by atoms with Crippen LogP contribution in [0, 0.1) is 0 Å². The Morgan fingerprint density at radius 3 is 2.15 bits per heavy atom. The molecule has 2 aromatic rings. The van der Waals surface area contributed by atoms with Crippen molar-refractivity contribution in [3.8, 4) is 17.2 Å². The first-order valence-corrected chi connectivity index (χ1v) is 6.23. The van der Waals surface area contributed by atoms with E-state index < -0.39 is 5.75 Å². The normalized spacial score (nSPS) is 10.3. The van der Waals surface area contributed by atoms with Crippen LogP contribution in [0.1, 0.15) is 5.56 Å². The SMILES string of the molecule is CN(C)c1ccc(NCc2ccc(O)c(O)c2O)cc1. The van der Waals surface area contributed by atoms with E-state index >= 15 is 0 Å². The van der Waals surface area contributed by atoms with E-state index in [-0.39, 0.29) is 11.5 Å². The summed E-state index contributed by atoms with van der Waals surface area (Å²) >= 11 is 0. The van der Waals surface area contributed by atoms with Gasteiger partial charge in [0.1, 0.15) is 0 Å². The lowest BCUT2D eigenvalue weighted by atomic mass is 10.1. The second-order valence-electron chi connectivity index (χ2n) is 4.74. The van der Waals surface area contributed by atoms with Crippen molar-refractivity contribution in [1.82, 2.24) is 0 Å². The van der Waals surface area contributed by atoms with Gasteiger partial charge in [0, 0.05) is 37.6 Å². The first kappa shape index (κ1) is 13.9. The van der Waals surface area contributed by atoms with Crippen LogP contribution >= 0.6 is 0 Å². The summed E-state index contributed by atoms with van der Waals surface area (Å²) in [6.45, 7) is 0.348. The van der Waals surface area contributed by atoms with Crippen molar-refractivity contribution in [3.05, 3.63) is 42.0 Å².